The summed E-state index contributed by atoms with van der Waals surface area (Å²) in [6.45, 7) is 3.17. The van der Waals surface area contributed by atoms with E-state index in [0.717, 1.165) is 17.2 Å². The van der Waals surface area contributed by atoms with E-state index >= 15 is 0 Å². The largest absolute Gasteiger partial charge is 0.379 e. The van der Waals surface area contributed by atoms with Crippen LogP contribution >= 0.6 is 11.6 Å². The minimum Gasteiger partial charge on any atom is -0.379 e. The van der Waals surface area contributed by atoms with Crippen molar-refractivity contribution in [3.63, 3.8) is 0 Å². The van der Waals surface area contributed by atoms with Crippen molar-refractivity contribution in [2.45, 2.75) is 18.9 Å². The molecule has 1 aliphatic rings. The quantitative estimate of drug-likeness (QED) is 0.865. The van der Waals surface area contributed by atoms with Gasteiger partial charge in [0.2, 0.25) is 0 Å². The molecule has 0 radical (unpaired) electrons. The number of nitrogens with zero attached hydrogens (tertiary/aromatic N) is 1. The number of amides is 1. The van der Waals surface area contributed by atoms with Crippen molar-refractivity contribution in [2.75, 3.05) is 13.2 Å². The van der Waals surface area contributed by atoms with Crippen molar-refractivity contribution >= 4 is 28.3 Å². The molecule has 1 aliphatic heterocycles. The molecular formula is C15H15ClN2O2. The number of benzene rings is 1. The van der Waals surface area contributed by atoms with Crippen molar-refractivity contribution in [1.82, 2.24) is 10.3 Å². The van der Waals surface area contributed by atoms with Gasteiger partial charge in [0.1, 0.15) is 10.8 Å². The Morgan fingerprint density at radius 3 is 3.00 bits per heavy atom. The number of hydrogen-bond acceptors (Lipinski definition) is 3. The Bertz CT molecular complexity index is 666. The number of rotatable bonds is 2. The number of carbonyl (C=O) groups is 1. The predicted octanol–water partition coefficient (Wildman–Crippen LogP) is 2.80. The maximum Gasteiger partial charge on any atom is 0.270 e. The number of hydrogen-bond donors (Lipinski definition) is 1. The van der Waals surface area contributed by atoms with Crippen LogP contribution in [0.5, 0.6) is 0 Å². The fourth-order valence-electron chi connectivity index (χ4n) is 2.38. The molecule has 2 aromatic rings. The summed E-state index contributed by atoms with van der Waals surface area (Å²) in [4.78, 5) is 16.5. The molecule has 4 nitrogen and oxygen atoms in total. The van der Waals surface area contributed by atoms with E-state index in [1.807, 2.05) is 31.2 Å². The standard InChI is InChI=1S/C15H15ClN2O2/c1-15(6-7-20-9-15)18-14(19)12-8-10-4-2-3-5-11(10)13(16)17-12/h2-5,8H,6-7,9H2,1H3,(H,18,19). The molecule has 1 amide bonds. The minimum atomic E-state index is -0.323. The van der Waals surface area contributed by atoms with E-state index in [1.54, 1.807) is 6.07 Å². The molecule has 0 bridgehead atoms. The van der Waals surface area contributed by atoms with E-state index < -0.39 is 0 Å². The van der Waals surface area contributed by atoms with Crippen LogP contribution in [0.25, 0.3) is 10.8 Å². The highest BCUT2D eigenvalue weighted by molar-refractivity contribution is 6.34. The zero-order chi connectivity index (χ0) is 14.2. The maximum atomic E-state index is 12.3. The number of halogens is 1. The van der Waals surface area contributed by atoms with Gasteiger partial charge in [0.25, 0.3) is 5.91 Å². The number of carbonyl (C=O) groups excluding carboxylic acids is 1. The van der Waals surface area contributed by atoms with Gasteiger partial charge in [0.05, 0.1) is 12.1 Å². The van der Waals surface area contributed by atoms with Gasteiger partial charge in [0.15, 0.2) is 0 Å². The zero-order valence-corrected chi connectivity index (χ0v) is 11.9. The first-order valence-electron chi connectivity index (χ1n) is 6.53. The second kappa shape index (κ2) is 5.04. The van der Waals surface area contributed by atoms with Gasteiger partial charge in [-0.3, -0.25) is 4.79 Å². The lowest BCUT2D eigenvalue weighted by Gasteiger charge is -2.23. The molecule has 0 spiro atoms. The molecule has 1 unspecified atom stereocenters. The van der Waals surface area contributed by atoms with Crippen LogP contribution in [0.2, 0.25) is 5.15 Å². The second-order valence-electron chi connectivity index (χ2n) is 5.34. The van der Waals surface area contributed by atoms with Crippen LogP contribution in [0.4, 0.5) is 0 Å². The highest BCUT2D eigenvalue weighted by atomic mass is 35.5. The molecule has 0 saturated carbocycles. The Balaban J connectivity index is 1.91. The Hall–Kier alpha value is -1.65. The molecule has 1 N–H and O–H groups in total. The number of aromatic nitrogens is 1. The first-order valence-corrected chi connectivity index (χ1v) is 6.91. The van der Waals surface area contributed by atoms with Gasteiger partial charge in [-0.2, -0.15) is 0 Å². The molecule has 1 aromatic carbocycles. The van der Waals surface area contributed by atoms with Gasteiger partial charge in [-0.05, 0) is 24.8 Å². The molecule has 2 heterocycles. The summed E-state index contributed by atoms with van der Waals surface area (Å²) in [5.41, 5.74) is 0.0125. The van der Waals surface area contributed by atoms with Crippen LogP contribution in [0.15, 0.2) is 30.3 Å². The van der Waals surface area contributed by atoms with Gasteiger partial charge in [0, 0.05) is 12.0 Å². The van der Waals surface area contributed by atoms with E-state index in [0.29, 0.717) is 24.1 Å². The van der Waals surface area contributed by atoms with Crippen molar-refractivity contribution in [3.05, 3.63) is 41.2 Å². The average molecular weight is 291 g/mol. The van der Waals surface area contributed by atoms with E-state index in [4.69, 9.17) is 16.3 Å². The normalized spacial score (nSPS) is 22.1. The van der Waals surface area contributed by atoms with E-state index in [-0.39, 0.29) is 11.4 Å². The molecular weight excluding hydrogens is 276 g/mol. The van der Waals surface area contributed by atoms with E-state index in [9.17, 15) is 4.79 Å². The highest BCUT2D eigenvalue weighted by Gasteiger charge is 2.31. The zero-order valence-electron chi connectivity index (χ0n) is 11.1. The minimum absolute atomic E-state index is 0.217. The number of ether oxygens (including phenoxy) is 1. The van der Waals surface area contributed by atoms with Crippen molar-refractivity contribution < 1.29 is 9.53 Å². The Kier molecular flexibility index (Phi) is 3.36. The van der Waals surface area contributed by atoms with Crippen molar-refractivity contribution in [3.8, 4) is 0 Å². The average Bonchev–Trinajstić information content (AvgIpc) is 2.85. The molecule has 20 heavy (non-hydrogen) atoms. The lowest BCUT2D eigenvalue weighted by atomic mass is 10.0. The van der Waals surface area contributed by atoms with Crippen LogP contribution in [-0.4, -0.2) is 29.6 Å². The third-order valence-electron chi connectivity index (χ3n) is 3.56. The summed E-state index contributed by atoms with van der Waals surface area (Å²) in [6, 6.07) is 9.37. The molecule has 104 valence electrons. The summed E-state index contributed by atoms with van der Waals surface area (Å²) >= 11 is 6.14. The van der Waals surface area contributed by atoms with Gasteiger partial charge in [-0.1, -0.05) is 35.9 Å². The van der Waals surface area contributed by atoms with Crippen LogP contribution < -0.4 is 5.32 Å². The fourth-order valence-corrected chi connectivity index (χ4v) is 2.64. The number of pyridine rings is 1. The first kappa shape index (κ1) is 13.3. The lowest BCUT2D eigenvalue weighted by molar-refractivity contribution is 0.0885. The van der Waals surface area contributed by atoms with E-state index in [2.05, 4.69) is 10.3 Å². The Labute approximate surface area is 122 Å². The van der Waals surface area contributed by atoms with Gasteiger partial charge < -0.3 is 10.1 Å². The fraction of sp³-hybridized carbons (Fsp3) is 0.333. The molecule has 1 atom stereocenters. The summed E-state index contributed by atoms with van der Waals surface area (Å²) in [5.74, 6) is -0.217. The van der Waals surface area contributed by atoms with Crippen LogP contribution in [-0.2, 0) is 4.74 Å². The topological polar surface area (TPSA) is 51.2 Å². The van der Waals surface area contributed by atoms with E-state index in [1.165, 1.54) is 0 Å². The third kappa shape index (κ3) is 2.49. The molecule has 1 saturated heterocycles. The Morgan fingerprint density at radius 1 is 1.45 bits per heavy atom. The van der Waals surface area contributed by atoms with Gasteiger partial charge >= 0.3 is 0 Å². The second-order valence-corrected chi connectivity index (χ2v) is 5.69. The summed E-state index contributed by atoms with van der Waals surface area (Å²) in [7, 11) is 0. The van der Waals surface area contributed by atoms with Gasteiger partial charge in [-0.15, -0.1) is 0 Å². The first-order chi connectivity index (χ1) is 9.57. The number of nitrogens with one attached hydrogen (secondary N) is 1. The molecule has 1 aromatic heterocycles. The third-order valence-corrected chi connectivity index (χ3v) is 3.85. The smallest absolute Gasteiger partial charge is 0.270 e. The monoisotopic (exact) mass is 290 g/mol. The summed E-state index contributed by atoms with van der Waals surface area (Å²) in [5, 5.41) is 5.08. The lowest BCUT2D eigenvalue weighted by Crippen LogP contribution is -2.46. The van der Waals surface area contributed by atoms with Crippen LogP contribution in [0, 0.1) is 0 Å². The molecule has 5 heteroatoms. The summed E-state index contributed by atoms with van der Waals surface area (Å²) < 4.78 is 5.33. The summed E-state index contributed by atoms with van der Waals surface area (Å²) in [6.07, 6.45) is 0.806. The SMILES string of the molecule is CC1(NC(=O)c2cc3ccccc3c(Cl)n2)CCOC1. The highest BCUT2D eigenvalue weighted by Crippen LogP contribution is 2.23. The van der Waals surface area contributed by atoms with Crippen molar-refractivity contribution in [2.24, 2.45) is 0 Å². The van der Waals surface area contributed by atoms with Gasteiger partial charge in [-0.25, -0.2) is 4.98 Å². The molecule has 3 rings (SSSR count). The molecule has 0 aliphatic carbocycles. The predicted molar refractivity (Wildman–Crippen MR) is 78.1 cm³/mol. The van der Waals surface area contributed by atoms with Crippen molar-refractivity contribution in [1.29, 1.82) is 0 Å². The van der Waals surface area contributed by atoms with Crippen LogP contribution in [0.3, 0.4) is 0 Å². The molecule has 1 fully saturated rings. The maximum absolute atomic E-state index is 12.3. The number of fused-ring (bicyclic) bond motifs is 1. The Morgan fingerprint density at radius 2 is 2.25 bits per heavy atom. The van der Waals surface area contributed by atoms with Crippen LogP contribution in [0.1, 0.15) is 23.8 Å².